The van der Waals surface area contributed by atoms with Gasteiger partial charge < -0.3 is 14.7 Å². The van der Waals surface area contributed by atoms with Crippen molar-refractivity contribution in [3.8, 4) is 0 Å². The smallest absolute Gasteiger partial charge is 0.245 e. The number of likely N-dealkylation sites (tertiary alicyclic amines) is 2. The maximum Gasteiger partial charge on any atom is 0.245 e. The fourth-order valence-corrected chi connectivity index (χ4v) is 5.08. The lowest BCUT2D eigenvalue weighted by Gasteiger charge is -2.41. The highest BCUT2D eigenvalue weighted by atomic mass is 19.1. The van der Waals surface area contributed by atoms with Crippen LogP contribution < -0.4 is 0 Å². The topological polar surface area (TPSA) is 60.9 Å². The molecule has 32 heavy (non-hydrogen) atoms. The third-order valence-corrected chi connectivity index (χ3v) is 6.98. The van der Waals surface area contributed by atoms with Gasteiger partial charge in [-0.1, -0.05) is 13.0 Å². The number of halogens is 2. The highest BCUT2D eigenvalue weighted by molar-refractivity contribution is 5.87. The van der Waals surface area contributed by atoms with Gasteiger partial charge >= 0.3 is 0 Å². The molecule has 0 N–H and O–H groups in total. The lowest BCUT2D eigenvalue weighted by Crippen LogP contribution is -2.52. The Kier molecular flexibility index (Phi) is 7.85. The Hall–Kier alpha value is -2.51. The second-order valence-corrected chi connectivity index (χ2v) is 8.90. The van der Waals surface area contributed by atoms with Crippen molar-refractivity contribution in [3.05, 3.63) is 35.4 Å². The van der Waals surface area contributed by atoms with Gasteiger partial charge in [0.2, 0.25) is 17.7 Å². The van der Waals surface area contributed by atoms with Gasteiger partial charge in [-0.3, -0.25) is 14.4 Å². The predicted octanol–water partition coefficient (Wildman–Crippen LogP) is 2.99. The largest absolute Gasteiger partial charge is 0.342 e. The van der Waals surface area contributed by atoms with Gasteiger partial charge in [0.05, 0.1) is 0 Å². The molecule has 2 saturated heterocycles. The molecule has 0 aliphatic carbocycles. The number of hydrogen-bond acceptors (Lipinski definition) is 3. The van der Waals surface area contributed by atoms with E-state index in [0.29, 0.717) is 57.3 Å². The molecule has 0 saturated carbocycles. The lowest BCUT2D eigenvalue weighted by atomic mass is 9.84. The third-order valence-electron chi connectivity index (χ3n) is 6.98. The van der Waals surface area contributed by atoms with Crippen molar-refractivity contribution in [1.82, 2.24) is 14.7 Å². The Labute approximate surface area is 188 Å². The number of hydrogen-bond donors (Lipinski definition) is 0. The normalized spacial score (nSPS) is 20.3. The maximum absolute atomic E-state index is 14.3. The minimum Gasteiger partial charge on any atom is -0.342 e. The zero-order valence-corrected chi connectivity index (χ0v) is 19.2. The van der Waals surface area contributed by atoms with E-state index in [1.54, 1.807) is 23.8 Å². The Morgan fingerprint density at radius 2 is 1.81 bits per heavy atom. The van der Waals surface area contributed by atoms with Crippen molar-refractivity contribution in [2.75, 3.05) is 26.7 Å². The summed E-state index contributed by atoms with van der Waals surface area (Å²) in [4.78, 5) is 42.5. The molecule has 6 nitrogen and oxygen atoms in total. The minimum atomic E-state index is -0.626. The molecule has 3 rings (SSSR count). The molecule has 2 heterocycles. The summed E-state index contributed by atoms with van der Waals surface area (Å²) in [6.07, 6.45) is 3.55. The molecule has 2 atom stereocenters. The molecule has 8 heteroatoms. The molecule has 0 aromatic heterocycles. The second-order valence-electron chi connectivity index (χ2n) is 8.90. The van der Waals surface area contributed by atoms with Crippen LogP contribution in [-0.2, 0) is 20.8 Å². The Balaban J connectivity index is 1.70. The van der Waals surface area contributed by atoms with E-state index in [1.165, 1.54) is 19.1 Å². The summed E-state index contributed by atoms with van der Waals surface area (Å²) in [6.45, 7) is 5.00. The summed E-state index contributed by atoms with van der Waals surface area (Å²) in [5.74, 6) is -1.24. The molecule has 0 spiro atoms. The Morgan fingerprint density at radius 3 is 2.41 bits per heavy atom. The highest BCUT2D eigenvalue weighted by Crippen LogP contribution is 2.29. The van der Waals surface area contributed by atoms with E-state index >= 15 is 0 Å². The first-order chi connectivity index (χ1) is 15.2. The van der Waals surface area contributed by atoms with Gasteiger partial charge in [0.25, 0.3) is 0 Å². The maximum atomic E-state index is 14.3. The first-order valence-electron chi connectivity index (χ1n) is 11.5. The monoisotopic (exact) mass is 449 g/mol. The van der Waals surface area contributed by atoms with E-state index < -0.39 is 11.6 Å². The quantitative estimate of drug-likeness (QED) is 0.671. The second kappa shape index (κ2) is 10.4. The average Bonchev–Trinajstić information content (AvgIpc) is 3.27. The standard InChI is InChI=1S/C24H33F2N3O3/c1-4-23(31)27(3)22(14-18-7-8-19(25)15-20(18)26)17-9-12-28(13-10-17)24(32)21-6-5-11-29(21)16(2)30/h7-8,15,17,21-22H,4-6,9-14H2,1-3H3/t21-,22?/m0/s1. The van der Waals surface area contributed by atoms with Gasteiger partial charge in [-0.15, -0.1) is 0 Å². The van der Waals surface area contributed by atoms with Crippen LogP contribution in [0.5, 0.6) is 0 Å². The van der Waals surface area contributed by atoms with Crippen molar-refractivity contribution in [3.63, 3.8) is 0 Å². The van der Waals surface area contributed by atoms with Crippen molar-refractivity contribution in [1.29, 1.82) is 0 Å². The molecule has 1 aromatic carbocycles. The number of piperidine rings is 1. The van der Waals surface area contributed by atoms with Crippen molar-refractivity contribution < 1.29 is 23.2 Å². The van der Waals surface area contributed by atoms with Crippen LogP contribution >= 0.6 is 0 Å². The SMILES string of the molecule is CCC(=O)N(C)C(Cc1ccc(F)cc1F)C1CCN(C(=O)[C@@H]2CCCN2C(C)=O)CC1. The van der Waals surface area contributed by atoms with Gasteiger partial charge in [-0.05, 0) is 49.7 Å². The first-order valence-corrected chi connectivity index (χ1v) is 11.5. The van der Waals surface area contributed by atoms with Gasteiger partial charge in [-0.2, -0.15) is 0 Å². The number of amides is 3. The molecule has 0 radical (unpaired) electrons. The molecule has 2 aliphatic rings. The summed E-state index contributed by atoms with van der Waals surface area (Å²) in [5.41, 5.74) is 0.383. The van der Waals surface area contributed by atoms with Gasteiger partial charge in [0, 0.05) is 52.1 Å². The lowest BCUT2D eigenvalue weighted by molar-refractivity contribution is -0.144. The van der Waals surface area contributed by atoms with E-state index in [0.717, 1.165) is 12.5 Å². The number of carbonyl (C=O) groups excluding carboxylic acids is 3. The van der Waals surface area contributed by atoms with E-state index in [4.69, 9.17) is 0 Å². The van der Waals surface area contributed by atoms with Crippen LogP contribution in [0.1, 0.15) is 51.5 Å². The number of likely N-dealkylation sites (N-methyl/N-ethyl adjacent to an activating group) is 1. The number of carbonyl (C=O) groups is 3. The van der Waals surface area contributed by atoms with Crippen molar-refractivity contribution >= 4 is 17.7 Å². The zero-order chi connectivity index (χ0) is 23.4. The molecule has 2 fully saturated rings. The van der Waals surface area contributed by atoms with Crippen LogP contribution in [0.3, 0.4) is 0 Å². The average molecular weight is 450 g/mol. The zero-order valence-electron chi connectivity index (χ0n) is 19.2. The van der Waals surface area contributed by atoms with Crippen LogP contribution in [0.15, 0.2) is 18.2 Å². The molecule has 1 aromatic rings. The summed E-state index contributed by atoms with van der Waals surface area (Å²) in [5, 5.41) is 0. The Bertz CT molecular complexity index is 855. The Morgan fingerprint density at radius 1 is 1.12 bits per heavy atom. The molecule has 0 bridgehead atoms. The summed E-state index contributed by atoms with van der Waals surface area (Å²) < 4.78 is 27.7. The van der Waals surface area contributed by atoms with Crippen LogP contribution in [0.25, 0.3) is 0 Å². The molecule has 176 valence electrons. The van der Waals surface area contributed by atoms with E-state index in [1.807, 2.05) is 4.90 Å². The minimum absolute atomic E-state index is 0.00438. The van der Waals surface area contributed by atoms with Crippen molar-refractivity contribution in [2.45, 2.75) is 64.5 Å². The van der Waals surface area contributed by atoms with Gasteiger partial charge in [0.1, 0.15) is 17.7 Å². The number of benzene rings is 1. The molecule has 1 unspecified atom stereocenters. The van der Waals surface area contributed by atoms with Crippen LogP contribution in [-0.4, -0.2) is 71.2 Å². The van der Waals surface area contributed by atoms with Crippen LogP contribution in [0.4, 0.5) is 8.78 Å². The highest BCUT2D eigenvalue weighted by Gasteiger charge is 2.38. The third kappa shape index (κ3) is 5.27. The van der Waals surface area contributed by atoms with Gasteiger partial charge in [0.15, 0.2) is 0 Å². The fraction of sp³-hybridized carbons (Fsp3) is 0.625. The van der Waals surface area contributed by atoms with Gasteiger partial charge in [-0.25, -0.2) is 8.78 Å². The summed E-state index contributed by atoms with van der Waals surface area (Å²) >= 11 is 0. The number of nitrogens with zero attached hydrogens (tertiary/aromatic N) is 3. The molecular formula is C24H33F2N3O3. The van der Waals surface area contributed by atoms with E-state index in [-0.39, 0.29) is 35.7 Å². The molecule has 3 amide bonds. The van der Waals surface area contributed by atoms with E-state index in [2.05, 4.69) is 0 Å². The number of rotatable bonds is 6. The van der Waals surface area contributed by atoms with E-state index in [9.17, 15) is 23.2 Å². The van der Waals surface area contributed by atoms with Crippen LogP contribution in [0.2, 0.25) is 0 Å². The molecular weight excluding hydrogens is 416 g/mol. The summed E-state index contributed by atoms with van der Waals surface area (Å²) in [7, 11) is 1.73. The molecule has 2 aliphatic heterocycles. The van der Waals surface area contributed by atoms with Crippen LogP contribution in [0, 0.1) is 17.6 Å². The fourth-order valence-electron chi connectivity index (χ4n) is 5.08. The van der Waals surface area contributed by atoms with Crippen molar-refractivity contribution in [2.24, 2.45) is 5.92 Å². The summed E-state index contributed by atoms with van der Waals surface area (Å²) in [6, 6.07) is 2.94. The predicted molar refractivity (Wildman–Crippen MR) is 117 cm³/mol. The first kappa shape index (κ1) is 24.1.